The van der Waals surface area contributed by atoms with E-state index in [0.717, 1.165) is 32.5 Å². The fourth-order valence-electron chi connectivity index (χ4n) is 3.46. The Kier molecular flexibility index (Phi) is 5.60. The molecule has 2 heterocycles. The van der Waals surface area contributed by atoms with Crippen molar-refractivity contribution in [3.63, 3.8) is 0 Å². The van der Waals surface area contributed by atoms with Crippen LogP contribution in [0.2, 0.25) is 10.0 Å². The van der Waals surface area contributed by atoms with Crippen LogP contribution in [0.4, 0.5) is 0 Å². The average molecular weight is 442 g/mol. The highest BCUT2D eigenvalue weighted by Crippen LogP contribution is 2.37. The highest BCUT2D eigenvalue weighted by Gasteiger charge is 2.38. The van der Waals surface area contributed by atoms with Gasteiger partial charge >= 0.3 is 0 Å². The van der Waals surface area contributed by atoms with Gasteiger partial charge in [-0.1, -0.05) is 39.1 Å². The first kappa shape index (κ1) is 18.0. The molecule has 4 nitrogen and oxygen atoms in total. The third-order valence-corrected chi connectivity index (χ3v) is 7.85. The lowest BCUT2D eigenvalue weighted by Crippen LogP contribution is -2.42. The van der Waals surface area contributed by atoms with Gasteiger partial charge in [0.1, 0.15) is 4.90 Å². The number of nitrogens with zero attached hydrogens (tertiary/aromatic N) is 2. The van der Waals surface area contributed by atoms with Crippen molar-refractivity contribution in [1.29, 1.82) is 0 Å². The van der Waals surface area contributed by atoms with Gasteiger partial charge < -0.3 is 4.90 Å². The molecule has 2 aliphatic rings. The van der Waals surface area contributed by atoms with Crippen molar-refractivity contribution in [1.82, 2.24) is 9.21 Å². The minimum absolute atomic E-state index is 0.00822. The number of benzene rings is 1. The summed E-state index contributed by atoms with van der Waals surface area (Å²) in [6.45, 7) is 3.45. The largest absolute Gasteiger partial charge is 0.302 e. The summed E-state index contributed by atoms with van der Waals surface area (Å²) in [7, 11) is -3.69. The van der Waals surface area contributed by atoms with Crippen LogP contribution in [-0.2, 0) is 10.0 Å². The number of hydrogen-bond acceptors (Lipinski definition) is 3. The molecular weight excluding hydrogens is 423 g/mol. The summed E-state index contributed by atoms with van der Waals surface area (Å²) in [5.74, 6) is 0. The summed E-state index contributed by atoms with van der Waals surface area (Å²) < 4.78 is 28.4. The van der Waals surface area contributed by atoms with Gasteiger partial charge in [0.2, 0.25) is 10.0 Å². The van der Waals surface area contributed by atoms with E-state index in [-0.39, 0.29) is 21.0 Å². The van der Waals surface area contributed by atoms with Crippen LogP contribution in [0.3, 0.4) is 0 Å². The maximum Gasteiger partial charge on any atom is 0.246 e. The van der Waals surface area contributed by atoms with Crippen molar-refractivity contribution in [2.75, 3.05) is 26.2 Å². The van der Waals surface area contributed by atoms with Gasteiger partial charge in [-0.3, -0.25) is 0 Å². The van der Waals surface area contributed by atoms with Crippen LogP contribution in [0.1, 0.15) is 25.7 Å². The molecule has 1 unspecified atom stereocenters. The Labute approximate surface area is 155 Å². The fourth-order valence-corrected chi connectivity index (χ4v) is 7.04. The highest BCUT2D eigenvalue weighted by atomic mass is 79.9. The molecule has 3 rings (SSSR count). The number of sulfonamides is 1. The molecule has 8 heteroatoms. The molecule has 1 aromatic carbocycles. The second kappa shape index (κ2) is 7.18. The molecule has 2 saturated heterocycles. The molecule has 0 aromatic heterocycles. The Morgan fingerprint density at radius 3 is 2.30 bits per heavy atom. The van der Waals surface area contributed by atoms with Crippen molar-refractivity contribution in [3.8, 4) is 0 Å². The molecule has 0 N–H and O–H groups in total. The Morgan fingerprint density at radius 1 is 1.09 bits per heavy atom. The van der Waals surface area contributed by atoms with Gasteiger partial charge in [0.25, 0.3) is 0 Å². The van der Waals surface area contributed by atoms with Crippen molar-refractivity contribution < 1.29 is 8.42 Å². The van der Waals surface area contributed by atoms with Crippen LogP contribution in [0, 0.1) is 0 Å². The summed E-state index contributed by atoms with van der Waals surface area (Å²) >= 11 is 15.7. The molecule has 0 radical (unpaired) electrons. The molecule has 2 aliphatic heterocycles. The number of halogens is 3. The van der Waals surface area contributed by atoms with Gasteiger partial charge in [-0.05, 0) is 50.9 Å². The number of hydrogen-bond donors (Lipinski definition) is 0. The molecule has 128 valence electrons. The van der Waals surface area contributed by atoms with Crippen LogP contribution >= 0.6 is 39.1 Å². The quantitative estimate of drug-likeness (QED) is 0.708. The first-order chi connectivity index (χ1) is 10.9. The maximum atomic E-state index is 13.1. The Bertz CT molecular complexity index is 670. The van der Waals surface area contributed by atoms with Gasteiger partial charge in [-0.25, -0.2) is 8.42 Å². The molecule has 1 atom stereocenters. The third kappa shape index (κ3) is 3.72. The Morgan fingerprint density at radius 2 is 1.70 bits per heavy atom. The smallest absolute Gasteiger partial charge is 0.246 e. The monoisotopic (exact) mass is 440 g/mol. The fraction of sp³-hybridized carbons (Fsp3) is 0.600. The molecule has 1 aromatic rings. The summed E-state index contributed by atoms with van der Waals surface area (Å²) in [4.78, 5) is 2.38. The lowest BCUT2D eigenvalue weighted by Gasteiger charge is -2.28. The zero-order chi connectivity index (χ0) is 16.6. The van der Waals surface area contributed by atoms with E-state index in [2.05, 4.69) is 20.8 Å². The van der Waals surface area contributed by atoms with Gasteiger partial charge in [-0.2, -0.15) is 4.31 Å². The minimum Gasteiger partial charge on any atom is -0.302 e. The second-order valence-corrected chi connectivity index (χ2v) is 9.68. The Hall–Kier alpha value is 0.150. The number of likely N-dealkylation sites (tertiary alicyclic amines) is 1. The van der Waals surface area contributed by atoms with Gasteiger partial charge in [-0.15, -0.1) is 0 Å². The maximum absolute atomic E-state index is 13.1. The average Bonchev–Trinajstić information content (AvgIpc) is 3.09. The summed E-state index contributed by atoms with van der Waals surface area (Å²) in [6.07, 6.45) is 4.17. The summed E-state index contributed by atoms with van der Waals surface area (Å²) in [5, 5.41) is 0.326. The second-order valence-electron chi connectivity index (χ2n) is 6.12. The third-order valence-electron chi connectivity index (χ3n) is 4.52. The summed E-state index contributed by atoms with van der Waals surface area (Å²) in [6, 6.07) is 3.16. The van der Waals surface area contributed by atoms with Crippen molar-refractivity contribution >= 4 is 49.2 Å². The van der Waals surface area contributed by atoms with Crippen molar-refractivity contribution in [2.45, 2.75) is 36.6 Å². The molecular formula is C15H19BrCl2N2O2S. The zero-order valence-corrected chi connectivity index (χ0v) is 16.6. The van der Waals surface area contributed by atoms with Crippen molar-refractivity contribution in [3.05, 3.63) is 26.7 Å². The molecule has 0 amide bonds. The van der Waals surface area contributed by atoms with E-state index in [0.29, 0.717) is 11.0 Å². The van der Waals surface area contributed by atoms with E-state index >= 15 is 0 Å². The predicted molar refractivity (Wildman–Crippen MR) is 96.7 cm³/mol. The standard InChI is InChI=1S/C15H19BrCl2N2O2S/c16-11-8-13(17)15(14(18)9-11)23(21,22)20-7-3-4-12(20)10-19-5-1-2-6-19/h8-9,12H,1-7,10H2. The van der Waals surface area contributed by atoms with Crippen molar-refractivity contribution in [2.24, 2.45) is 0 Å². The molecule has 23 heavy (non-hydrogen) atoms. The topological polar surface area (TPSA) is 40.6 Å². The van der Waals surface area contributed by atoms with E-state index < -0.39 is 10.0 Å². The molecule has 0 spiro atoms. The van der Waals surface area contributed by atoms with Crippen LogP contribution in [-0.4, -0.2) is 49.8 Å². The first-order valence-corrected chi connectivity index (χ1v) is 10.8. The van der Waals surface area contributed by atoms with E-state index in [4.69, 9.17) is 23.2 Å². The highest BCUT2D eigenvalue weighted by molar-refractivity contribution is 9.10. The van der Waals surface area contributed by atoms with Crippen LogP contribution < -0.4 is 0 Å². The van der Waals surface area contributed by atoms with E-state index in [1.54, 1.807) is 16.4 Å². The lowest BCUT2D eigenvalue weighted by molar-refractivity contribution is 0.257. The minimum atomic E-state index is -3.69. The molecule has 0 saturated carbocycles. The van der Waals surface area contributed by atoms with E-state index in [9.17, 15) is 8.42 Å². The van der Waals surface area contributed by atoms with Gasteiger partial charge in [0, 0.05) is 23.6 Å². The molecule has 2 fully saturated rings. The van der Waals surface area contributed by atoms with Crippen LogP contribution in [0.25, 0.3) is 0 Å². The lowest BCUT2D eigenvalue weighted by atomic mass is 10.2. The molecule has 0 aliphatic carbocycles. The normalized spacial score (nSPS) is 23.7. The van der Waals surface area contributed by atoms with Gasteiger partial charge in [0.15, 0.2) is 0 Å². The van der Waals surface area contributed by atoms with Crippen LogP contribution in [0.15, 0.2) is 21.5 Å². The zero-order valence-electron chi connectivity index (χ0n) is 12.6. The molecule has 0 bridgehead atoms. The first-order valence-electron chi connectivity index (χ1n) is 7.78. The van der Waals surface area contributed by atoms with Gasteiger partial charge in [0.05, 0.1) is 10.0 Å². The summed E-state index contributed by atoms with van der Waals surface area (Å²) in [5.41, 5.74) is 0. The predicted octanol–water partition coefficient (Wildman–Crippen LogP) is 4.00. The SMILES string of the molecule is O=S(=O)(c1c(Cl)cc(Br)cc1Cl)N1CCCC1CN1CCCC1. The van der Waals surface area contributed by atoms with E-state index in [1.165, 1.54) is 12.8 Å². The van der Waals surface area contributed by atoms with Crippen LogP contribution in [0.5, 0.6) is 0 Å². The van der Waals surface area contributed by atoms with E-state index in [1.807, 2.05) is 0 Å². The Balaban J connectivity index is 1.89. The number of rotatable bonds is 4.